The van der Waals surface area contributed by atoms with Gasteiger partial charge in [0.05, 0.1) is 17.3 Å². The van der Waals surface area contributed by atoms with Crippen molar-refractivity contribution < 1.29 is 9.53 Å². The molecule has 1 saturated heterocycles. The summed E-state index contributed by atoms with van der Waals surface area (Å²) in [6.07, 6.45) is -0.545. The van der Waals surface area contributed by atoms with Crippen LogP contribution in [-0.4, -0.2) is 24.1 Å². The standard InChI is InChI=1S/C10H8BrCl2NO2/c11-4-7-5-14(10(15)16-7)9-3-6(12)1-2-8(9)13/h1-3,7H,4-5H2. The Hall–Kier alpha value is -0.450. The third kappa shape index (κ3) is 2.29. The van der Waals surface area contributed by atoms with Crippen molar-refractivity contribution in [2.75, 3.05) is 16.8 Å². The van der Waals surface area contributed by atoms with Crippen molar-refractivity contribution in [3.63, 3.8) is 0 Å². The Morgan fingerprint density at radius 3 is 2.88 bits per heavy atom. The van der Waals surface area contributed by atoms with Crippen LogP contribution in [0.2, 0.25) is 10.0 Å². The lowest BCUT2D eigenvalue weighted by Crippen LogP contribution is -2.25. The normalized spacial score (nSPS) is 20.1. The molecule has 0 saturated carbocycles. The zero-order valence-corrected chi connectivity index (χ0v) is 11.2. The molecule has 1 aliphatic rings. The van der Waals surface area contributed by atoms with E-state index in [9.17, 15) is 4.79 Å². The average molecular weight is 325 g/mol. The van der Waals surface area contributed by atoms with E-state index in [0.29, 0.717) is 27.6 Å². The predicted octanol–water partition coefficient (Wildman–Crippen LogP) is 3.71. The fraction of sp³-hybridized carbons (Fsp3) is 0.300. The van der Waals surface area contributed by atoms with Crippen molar-refractivity contribution in [2.24, 2.45) is 0 Å². The number of benzene rings is 1. The highest BCUT2D eigenvalue weighted by Gasteiger charge is 2.32. The van der Waals surface area contributed by atoms with E-state index < -0.39 is 6.09 Å². The molecule has 3 nitrogen and oxygen atoms in total. The van der Waals surface area contributed by atoms with E-state index in [4.69, 9.17) is 27.9 Å². The van der Waals surface area contributed by atoms with Gasteiger partial charge in [-0.2, -0.15) is 0 Å². The molecule has 1 fully saturated rings. The van der Waals surface area contributed by atoms with Gasteiger partial charge < -0.3 is 4.74 Å². The minimum atomic E-state index is -0.395. The van der Waals surface area contributed by atoms with E-state index in [1.165, 1.54) is 4.90 Å². The van der Waals surface area contributed by atoms with Gasteiger partial charge in [0.25, 0.3) is 0 Å². The maximum atomic E-state index is 11.6. The summed E-state index contributed by atoms with van der Waals surface area (Å²) in [5, 5.41) is 1.62. The predicted molar refractivity (Wildman–Crippen MR) is 67.9 cm³/mol. The van der Waals surface area contributed by atoms with Crippen LogP contribution in [0.15, 0.2) is 18.2 Å². The van der Waals surface area contributed by atoms with Gasteiger partial charge in [0, 0.05) is 10.4 Å². The van der Waals surface area contributed by atoms with Crippen molar-refractivity contribution >= 4 is 50.9 Å². The van der Waals surface area contributed by atoms with Crippen LogP contribution in [0.4, 0.5) is 10.5 Å². The summed E-state index contributed by atoms with van der Waals surface area (Å²) in [5.41, 5.74) is 0.586. The van der Waals surface area contributed by atoms with Crippen LogP contribution in [0.25, 0.3) is 0 Å². The Kier molecular flexibility index (Phi) is 3.62. The lowest BCUT2D eigenvalue weighted by molar-refractivity contribution is 0.152. The lowest BCUT2D eigenvalue weighted by Gasteiger charge is -2.14. The van der Waals surface area contributed by atoms with Crippen LogP contribution in [-0.2, 0) is 4.74 Å². The summed E-state index contributed by atoms with van der Waals surface area (Å²) < 4.78 is 5.11. The number of alkyl halides is 1. The molecule has 1 amide bonds. The van der Waals surface area contributed by atoms with Crippen molar-refractivity contribution in [3.05, 3.63) is 28.2 Å². The highest BCUT2D eigenvalue weighted by Crippen LogP contribution is 2.32. The molecular formula is C10H8BrCl2NO2. The third-order valence-corrected chi connectivity index (χ3v) is 3.52. The van der Waals surface area contributed by atoms with Gasteiger partial charge in [-0.3, -0.25) is 4.90 Å². The molecule has 1 aromatic carbocycles. The second kappa shape index (κ2) is 4.82. The van der Waals surface area contributed by atoms with Crippen molar-refractivity contribution in [1.82, 2.24) is 0 Å². The number of cyclic esters (lactones) is 1. The molecule has 1 aliphatic heterocycles. The van der Waals surface area contributed by atoms with Gasteiger partial charge >= 0.3 is 6.09 Å². The molecule has 0 N–H and O–H groups in total. The average Bonchev–Trinajstić information content (AvgIpc) is 2.63. The van der Waals surface area contributed by atoms with Gasteiger partial charge in [-0.05, 0) is 18.2 Å². The summed E-state index contributed by atoms with van der Waals surface area (Å²) in [5.74, 6) is 0. The van der Waals surface area contributed by atoms with E-state index in [0.717, 1.165) is 0 Å². The van der Waals surface area contributed by atoms with Gasteiger partial charge in [0.15, 0.2) is 0 Å². The highest BCUT2D eigenvalue weighted by atomic mass is 79.9. The largest absolute Gasteiger partial charge is 0.443 e. The number of hydrogen-bond acceptors (Lipinski definition) is 2. The second-order valence-corrected chi connectivity index (χ2v) is 4.86. The number of carbonyl (C=O) groups is 1. The Morgan fingerprint density at radius 2 is 2.25 bits per heavy atom. The van der Waals surface area contributed by atoms with E-state index in [1.807, 2.05) is 0 Å². The Bertz CT molecular complexity index is 427. The highest BCUT2D eigenvalue weighted by molar-refractivity contribution is 9.09. The maximum absolute atomic E-state index is 11.6. The zero-order valence-electron chi connectivity index (χ0n) is 8.12. The Morgan fingerprint density at radius 1 is 1.50 bits per heavy atom. The molecule has 0 aliphatic carbocycles. The molecule has 86 valence electrons. The topological polar surface area (TPSA) is 29.5 Å². The SMILES string of the molecule is O=C1OC(CBr)CN1c1cc(Cl)ccc1Cl. The quantitative estimate of drug-likeness (QED) is 0.776. The van der Waals surface area contributed by atoms with E-state index in [-0.39, 0.29) is 6.10 Å². The molecule has 0 bridgehead atoms. The first-order valence-electron chi connectivity index (χ1n) is 4.61. The van der Waals surface area contributed by atoms with Crippen molar-refractivity contribution in [1.29, 1.82) is 0 Å². The van der Waals surface area contributed by atoms with Crippen LogP contribution < -0.4 is 4.90 Å². The number of hydrogen-bond donors (Lipinski definition) is 0. The first-order valence-corrected chi connectivity index (χ1v) is 6.48. The summed E-state index contributed by atoms with van der Waals surface area (Å²) in [6.45, 7) is 0.476. The number of nitrogens with zero attached hydrogens (tertiary/aromatic N) is 1. The summed E-state index contributed by atoms with van der Waals surface area (Å²) in [6, 6.07) is 4.99. The molecule has 2 rings (SSSR count). The first-order chi connectivity index (χ1) is 7.61. The zero-order chi connectivity index (χ0) is 11.7. The van der Waals surface area contributed by atoms with Gasteiger partial charge in [-0.25, -0.2) is 4.79 Å². The van der Waals surface area contributed by atoms with Gasteiger partial charge in [0.1, 0.15) is 6.10 Å². The molecule has 16 heavy (non-hydrogen) atoms. The van der Waals surface area contributed by atoms with Gasteiger partial charge in [0.2, 0.25) is 0 Å². The summed E-state index contributed by atoms with van der Waals surface area (Å²) in [4.78, 5) is 13.1. The van der Waals surface area contributed by atoms with Crippen LogP contribution >= 0.6 is 39.1 Å². The second-order valence-electron chi connectivity index (χ2n) is 3.37. The molecule has 6 heteroatoms. The van der Waals surface area contributed by atoms with E-state index in [1.54, 1.807) is 18.2 Å². The third-order valence-electron chi connectivity index (χ3n) is 2.25. The maximum Gasteiger partial charge on any atom is 0.414 e. The number of rotatable bonds is 2. The molecule has 0 radical (unpaired) electrons. The smallest absolute Gasteiger partial charge is 0.414 e. The van der Waals surface area contributed by atoms with Crippen LogP contribution in [0, 0.1) is 0 Å². The van der Waals surface area contributed by atoms with E-state index in [2.05, 4.69) is 15.9 Å². The molecule has 0 aromatic heterocycles. The van der Waals surface area contributed by atoms with Gasteiger partial charge in [-0.15, -0.1) is 0 Å². The minimum Gasteiger partial charge on any atom is -0.443 e. The monoisotopic (exact) mass is 323 g/mol. The Labute approximate surface area is 111 Å². The number of halogens is 3. The molecule has 1 unspecified atom stereocenters. The minimum absolute atomic E-state index is 0.150. The molecule has 0 spiro atoms. The van der Waals surface area contributed by atoms with Gasteiger partial charge in [-0.1, -0.05) is 39.1 Å². The van der Waals surface area contributed by atoms with Crippen molar-refractivity contribution in [3.8, 4) is 0 Å². The number of amides is 1. The number of anilines is 1. The van der Waals surface area contributed by atoms with Crippen molar-refractivity contribution in [2.45, 2.75) is 6.10 Å². The molecule has 1 atom stereocenters. The number of ether oxygens (including phenoxy) is 1. The summed E-state index contributed by atoms with van der Waals surface area (Å²) in [7, 11) is 0. The van der Waals surface area contributed by atoms with E-state index >= 15 is 0 Å². The fourth-order valence-electron chi connectivity index (χ4n) is 1.49. The van der Waals surface area contributed by atoms with Crippen LogP contribution in [0.1, 0.15) is 0 Å². The number of carbonyl (C=O) groups excluding carboxylic acids is 1. The van der Waals surface area contributed by atoms with Crippen LogP contribution in [0.3, 0.4) is 0 Å². The fourth-order valence-corrected chi connectivity index (χ4v) is 2.21. The lowest BCUT2D eigenvalue weighted by atomic mass is 10.3. The Balaban J connectivity index is 2.30. The van der Waals surface area contributed by atoms with Crippen LogP contribution in [0.5, 0.6) is 0 Å². The molecule has 1 aromatic rings. The first kappa shape index (κ1) is 12.0. The summed E-state index contributed by atoms with van der Waals surface area (Å²) >= 11 is 15.2. The molecule has 1 heterocycles. The molecular weight excluding hydrogens is 317 g/mol.